The topological polar surface area (TPSA) is 61.8 Å². The molecule has 152 valence electrons. The molecule has 0 N–H and O–H groups in total. The summed E-state index contributed by atoms with van der Waals surface area (Å²) in [5.74, 6) is 1.95. The van der Waals surface area contributed by atoms with Gasteiger partial charge in [-0.15, -0.1) is 0 Å². The Kier molecular flexibility index (Phi) is 4.83. The van der Waals surface area contributed by atoms with Crippen molar-refractivity contribution in [2.45, 2.75) is 33.0 Å². The van der Waals surface area contributed by atoms with Crippen molar-refractivity contribution in [3.05, 3.63) is 46.6 Å². The molecule has 3 aliphatic heterocycles. The fourth-order valence-electron chi connectivity index (χ4n) is 4.45. The lowest BCUT2D eigenvalue weighted by Crippen LogP contribution is -2.49. The van der Waals surface area contributed by atoms with Gasteiger partial charge in [-0.2, -0.15) is 4.98 Å². The Bertz CT molecular complexity index is 917. The number of piperazine rings is 1. The second-order valence-corrected chi connectivity index (χ2v) is 8.05. The normalized spacial score (nSPS) is 19.0. The van der Waals surface area contributed by atoms with Gasteiger partial charge in [0.05, 0.1) is 18.9 Å². The maximum Gasteiger partial charge on any atom is 0.254 e. The molecule has 0 spiro atoms. The average Bonchev–Trinajstić information content (AvgIpc) is 3.45. The van der Waals surface area contributed by atoms with Gasteiger partial charge in [0.2, 0.25) is 5.95 Å². The van der Waals surface area contributed by atoms with Crippen molar-refractivity contribution in [3.63, 3.8) is 0 Å². The standard InChI is InChI=1S/C22H27N5O2/c1-16-6-2-3-7-17(16)21(28)26-12-10-25(11-13-26)20-18-14-29-15-19(18)23-22(24-20)27-8-4-5-9-27/h2-3,6-7H,4-5,8-15H2,1H3. The number of anilines is 2. The highest BCUT2D eigenvalue weighted by Gasteiger charge is 2.29. The molecule has 2 aromatic rings. The number of aromatic nitrogens is 2. The summed E-state index contributed by atoms with van der Waals surface area (Å²) in [4.78, 5) is 29.2. The van der Waals surface area contributed by atoms with Gasteiger partial charge in [0, 0.05) is 50.4 Å². The van der Waals surface area contributed by atoms with Gasteiger partial charge in [0.1, 0.15) is 5.82 Å². The maximum absolute atomic E-state index is 12.9. The number of hydrogen-bond donors (Lipinski definition) is 0. The first-order valence-corrected chi connectivity index (χ1v) is 10.5. The van der Waals surface area contributed by atoms with Gasteiger partial charge >= 0.3 is 0 Å². The van der Waals surface area contributed by atoms with Crippen molar-refractivity contribution < 1.29 is 9.53 Å². The summed E-state index contributed by atoms with van der Waals surface area (Å²) in [7, 11) is 0. The zero-order chi connectivity index (χ0) is 19.8. The van der Waals surface area contributed by atoms with Crippen LogP contribution in [0.5, 0.6) is 0 Å². The third-order valence-corrected chi connectivity index (χ3v) is 6.18. The summed E-state index contributed by atoms with van der Waals surface area (Å²) < 4.78 is 5.68. The van der Waals surface area contributed by atoms with Gasteiger partial charge in [-0.05, 0) is 31.4 Å². The second kappa shape index (κ2) is 7.63. The van der Waals surface area contributed by atoms with Crippen LogP contribution in [0.15, 0.2) is 24.3 Å². The third kappa shape index (κ3) is 3.44. The Morgan fingerprint density at radius 1 is 0.931 bits per heavy atom. The highest BCUT2D eigenvalue weighted by molar-refractivity contribution is 5.95. The fraction of sp³-hybridized carbons (Fsp3) is 0.500. The monoisotopic (exact) mass is 393 g/mol. The summed E-state index contributed by atoms with van der Waals surface area (Å²) in [5.41, 5.74) is 3.97. The van der Waals surface area contributed by atoms with E-state index in [4.69, 9.17) is 14.7 Å². The number of carbonyl (C=O) groups is 1. The van der Waals surface area contributed by atoms with Gasteiger partial charge < -0.3 is 19.4 Å². The predicted octanol–water partition coefficient (Wildman–Crippen LogP) is 2.38. The minimum Gasteiger partial charge on any atom is -0.370 e. The van der Waals surface area contributed by atoms with E-state index in [9.17, 15) is 4.79 Å². The third-order valence-electron chi connectivity index (χ3n) is 6.18. The Morgan fingerprint density at radius 3 is 2.45 bits per heavy atom. The van der Waals surface area contributed by atoms with Crippen molar-refractivity contribution in [1.29, 1.82) is 0 Å². The van der Waals surface area contributed by atoms with E-state index in [0.29, 0.717) is 26.3 Å². The molecule has 2 saturated heterocycles. The number of benzene rings is 1. The Morgan fingerprint density at radius 2 is 1.69 bits per heavy atom. The highest BCUT2D eigenvalue weighted by atomic mass is 16.5. The van der Waals surface area contributed by atoms with Crippen LogP contribution in [0.4, 0.5) is 11.8 Å². The molecule has 3 aliphatic rings. The summed E-state index contributed by atoms with van der Waals surface area (Å²) in [6, 6.07) is 7.81. The smallest absolute Gasteiger partial charge is 0.254 e. The lowest BCUT2D eigenvalue weighted by atomic mass is 10.1. The first-order valence-electron chi connectivity index (χ1n) is 10.5. The van der Waals surface area contributed by atoms with Crippen LogP contribution in [-0.4, -0.2) is 60.0 Å². The molecule has 1 aromatic heterocycles. The first kappa shape index (κ1) is 18.4. The van der Waals surface area contributed by atoms with E-state index in [1.165, 1.54) is 12.8 Å². The van der Waals surface area contributed by atoms with Crippen LogP contribution >= 0.6 is 0 Å². The highest BCUT2D eigenvalue weighted by Crippen LogP contribution is 2.31. The molecule has 0 aliphatic carbocycles. The van der Waals surface area contributed by atoms with Crippen molar-refractivity contribution >= 4 is 17.7 Å². The Hall–Kier alpha value is -2.67. The maximum atomic E-state index is 12.9. The number of amides is 1. The molecular formula is C22H27N5O2. The van der Waals surface area contributed by atoms with Crippen molar-refractivity contribution in [1.82, 2.24) is 14.9 Å². The molecular weight excluding hydrogens is 366 g/mol. The van der Waals surface area contributed by atoms with E-state index in [0.717, 1.165) is 60.3 Å². The molecule has 2 fully saturated rings. The molecule has 0 saturated carbocycles. The number of rotatable bonds is 3. The van der Waals surface area contributed by atoms with Gasteiger partial charge in [0.15, 0.2) is 0 Å². The number of aryl methyl sites for hydroxylation is 1. The number of hydrogen-bond acceptors (Lipinski definition) is 6. The summed E-state index contributed by atoms with van der Waals surface area (Å²) in [6.07, 6.45) is 2.40. The molecule has 7 heteroatoms. The molecule has 29 heavy (non-hydrogen) atoms. The predicted molar refractivity (Wildman–Crippen MR) is 111 cm³/mol. The SMILES string of the molecule is Cc1ccccc1C(=O)N1CCN(c2nc(N3CCCC3)nc3c2COC3)CC1. The summed E-state index contributed by atoms with van der Waals surface area (Å²) >= 11 is 0. The quantitative estimate of drug-likeness (QED) is 0.798. The summed E-state index contributed by atoms with van der Waals surface area (Å²) in [5, 5.41) is 0. The molecule has 0 unspecified atom stereocenters. The van der Waals surface area contributed by atoms with E-state index in [1.54, 1.807) is 0 Å². The minimum absolute atomic E-state index is 0.122. The van der Waals surface area contributed by atoms with Crippen LogP contribution in [0, 0.1) is 6.92 Å². The molecule has 5 rings (SSSR count). The molecule has 0 bridgehead atoms. The van der Waals surface area contributed by atoms with E-state index in [2.05, 4.69) is 9.80 Å². The molecule has 0 radical (unpaired) electrons. The van der Waals surface area contributed by atoms with Crippen LogP contribution in [0.2, 0.25) is 0 Å². The lowest BCUT2D eigenvalue weighted by Gasteiger charge is -2.36. The van der Waals surface area contributed by atoms with Crippen molar-refractivity contribution in [2.24, 2.45) is 0 Å². The fourth-order valence-corrected chi connectivity index (χ4v) is 4.45. The molecule has 1 amide bonds. The number of ether oxygens (including phenoxy) is 1. The average molecular weight is 393 g/mol. The molecule has 7 nitrogen and oxygen atoms in total. The van der Waals surface area contributed by atoms with Crippen molar-refractivity contribution in [2.75, 3.05) is 49.1 Å². The van der Waals surface area contributed by atoms with Crippen LogP contribution in [0.3, 0.4) is 0 Å². The largest absolute Gasteiger partial charge is 0.370 e. The van der Waals surface area contributed by atoms with E-state index in [1.807, 2.05) is 36.1 Å². The van der Waals surface area contributed by atoms with Gasteiger partial charge in [-0.1, -0.05) is 18.2 Å². The van der Waals surface area contributed by atoms with Crippen LogP contribution in [-0.2, 0) is 18.0 Å². The minimum atomic E-state index is 0.122. The van der Waals surface area contributed by atoms with E-state index >= 15 is 0 Å². The van der Waals surface area contributed by atoms with Crippen molar-refractivity contribution in [3.8, 4) is 0 Å². The van der Waals surface area contributed by atoms with E-state index in [-0.39, 0.29) is 5.91 Å². The van der Waals surface area contributed by atoms with Crippen LogP contribution < -0.4 is 9.80 Å². The Labute approximate surface area is 171 Å². The van der Waals surface area contributed by atoms with Crippen LogP contribution in [0.25, 0.3) is 0 Å². The van der Waals surface area contributed by atoms with Gasteiger partial charge in [-0.3, -0.25) is 4.79 Å². The molecule has 0 atom stereocenters. The van der Waals surface area contributed by atoms with Gasteiger partial charge in [-0.25, -0.2) is 4.98 Å². The number of nitrogens with zero attached hydrogens (tertiary/aromatic N) is 5. The lowest BCUT2D eigenvalue weighted by molar-refractivity contribution is 0.0745. The van der Waals surface area contributed by atoms with Gasteiger partial charge in [0.25, 0.3) is 5.91 Å². The molecule has 4 heterocycles. The number of fused-ring (bicyclic) bond motifs is 1. The second-order valence-electron chi connectivity index (χ2n) is 8.05. The summed E-state index contributed by atoms with van der Waals surface area (Å²) in [6.45, 7) is 8.15. The van der Waals surface area contributed by atoms with Crippen LogP contribution in [0.1, 0.15) is 40.0 Å². The zero-order valence-electron chi connectivity index (χ0n) is 16.9. The van der Waals surface area contributed by atoms with E-state index < -0.39 is 0 Å². The zero-order valence-corrected chi connectivity index (χ0v) is 16.9. The Balaban J connectivity index is 1.34. The first-order chi connectivity index (χ1) is 14.2. The number of carbonyl (C=O) groups excluding carboxylic acids is 1. The molecule has 1 aromatic carbocycles.